The molecule has 208 valence electrons. The van der Waals surface area contributed by atoms with Crippen LogP contribution in [0, 0.1) is 46.3 Å². The summed E-state index contributed by atoms with van der Waals surface area (Å²) in [7, 11) is -1.70. The van der Waals surface area contributed by atoms with Crippen LogP contribution in [0.2, 0.25) is 18.1 Å². The first-order chi connectivity index (χ1) is 16.7. The monoisotopic (exact) mass is 517 g/mol. The average molecular weight is 518 g/mol. The first kappa shape index (κ1) is 27.7. The molecule has 0 aromatic rings. The van der Waals surface area contributed by atoms with E-state index in [0.717, 1.165) is 36.8 Å². The molecular weight excluding hydrogens is 458 g/mol. The molecule has 2 N–H and O–H groups in total. The number of hydrogen-bond acceptors (Lipinski definition) is 3. The van der Waals surface area contributed by atoms with Crippen molar-refractivity contribution in [3.05, 3.63) is 0 Å². The molecule has 0 radical (unpaired) electrons. The van der Waals surface area contributed by atoms with Crippen LogP contribution in [0.15, 0.2) is 0 Å². The van der Waals surface area contributed by atoms with E-state index in [1.807, 2.05) is 0 Å². The normalized spacial score (nSPS) is 47.4. The van der Waals surface area contributed by atoms with Gasteiger partial charge in [-0.15, -0.1) is 0 Å². The Bertz CT molecular complexity index is 798. The van der Waals surface area contributed by atoms with Crippen LogP contribution in [0.25, 0.3) is 0 Å². The molecule has 6 unspecified atom stereocenters. The van der Waals surface area contributed by atoms with Gasteiger partial charge in [0.15, 0.2) is 8.32 Å². The molecule has 4 aliphatic carbocycles. The fourth-order valence-corrected chi connectivity index (χ4v) is 11.9. The van der Waals surface area contributed by atoms with E-state index in [-0.39, 0.29) is 0 Å². The number of nitrogens with one attached hydrogen (secondary N) is 1. The molecule has 5 aliphatic rings. The van der Waals surface area contributed by atoms with Crippen LogP contribution < -0.4 is 5.32 Å². The fourth-order valence-electron chi connectivity index (χ4n) is 10.5. The van der Waals surface area contributed by atoms with E-state index in [1.165, 1.54) is 70.6 Å². The van der Waals surface area contributed by atoms with Crippen LogP contribution >= 0.6 is 0 Å². The molecule has 5 fully saturated rings. The van der Waals surface area contributed by atoms with Crippen LogP contribution in [0.5, 0.6) is 0 Å². The van der Waals surface area contributed by atoms with Crippen molar-refractivity contribution in [3.63, 3.8) is 0 Å². The predicted molar refractivity (Wildman–Crippen MR) is 154 cm³/mol. The van der Waals surface area contributed by atoms with E-state index in [0.29, 0.717) is 33.8 Å². The summed E-state index contributed by atoms with van der Waals surface area (Å²) in [6.45, 7) is 21.7. The van der Waals surface area contributed by atoms with E-state index in [4.69, 9.17) is 4.43 Å². The van der Waals surface area contributed by atoms with Crippen molar-refractivity contribution in [2.45, 2.75) is 142 Å². The Hall–Kier alpha value is 0.0969. The third-order valence-corrected chi connectivity index (χ3v) is 18.2. The number of piperidine rings is 1. The van der Waals surface area contributed by atoms with E-state index in [9.17, 15) is 5.11 Å². The van der Waals surface area contributed by atoms with E-state index in [2.05, 4.69) is 60.0 Å². The molecule has 36 heavy (non-hydrogen) atoms. The van der Waals surface area contributed by atoms with Crippen molar-refractivity contribution in [3.8, 4) is 0 Å². The van der Waals surface area contributed by atoms with Gasteiger partial charge in [-0.2, -0.15) is 0 Å². The van der Waals surface area contributed by atoms with Crippen LogP contribution in [-0.2, 0) is 4.43 Å². The summed E-state index contributed by atoms with van der Waals surface area (Å²) in [5, 5.41) is 15.9. The molecule has 0 aromatic carbocycles. The second kappa shape index (κ2) is 9.34. The van der Waals surface area contributed by atoms with Gasteiger partial charge in [0.1, 0.15) is 0 Å². The molecule has 0 spiro atoms. The molecular formula is C32H59NO2Si. The maximum Gasteiger partial charge on any atom is 0.192 e. The smallest absolute Gasteiger partial charge is 0.192 e. The molecule has 10 atom stereocenters. The number of hydrogen-bond donors (Lipinski definition) is 2. The summed E-state index contributed by atoms with van der Waals surface area (Å²) in [6.07, 6.45) is 15.0. The highest BCUT2D eigenvalue weighted by Crippen LogP contribution is 2.69. The summed E-state index contributed by atoms with van der Waals surface area (Å²) in [6, 6.07) is 0. The van der Waals surface area contributed by atoms with Gasteiger partial charge in [-0.05, 0) is 143 Å². The Morgan fingerprint density at radius 3 is 2.22 bits per heavy atom. The summed E-state index contributed by atoms with van der Waals surface area (Å²) < 4.78 is 6.97. The largest absolute Gasteiger partial charge is 0.414 e. The zero-order valence-corrected chi connectivity index (χ0v) is 26.1. The molecule has 1 saturated heterocycles. The van der Waals surface area contributed by atoms with Gasteiger partial charge in [0.25, 0.3) is 0 Å². The Morgan fingerprint density at radius 2 is 1.56 bits per heavy atom. The van der Waals surface area contributed by atoms with Crippen LogP contribution in [0.4, 0.5) is 0 Å². The third kappa shape index (κ3) is 4.40. The van der Waals surface area contributed by atoms with Gasteiger partial charge >= 0.3 is 0 Å². The molecule has 1 aliphatic heterocycles. The minimum absolute atomic E-state index is 0.299. The van der Waals surface area contributed by atoms with Crippen molar-refractivity contribution >= 4 is 8.32 Å². The van der Waals surface area contributed by atoms with Gasteiger partial charge in [0.05, 0.1) is 5.60 Å². The average Bonchev–Trinajstić information content (AvgIpc) is 3.17. The fraction of sp³-hybridized carbons (Fsp3) is 1.00. The summed E-state index contributed by atoms with van der Waals surface area (Å²) in [5.41, 5.74) is 0.309. The molecule has 4 heteroatoms. The van der Waals surface area contributed by atoms with Crippen molar-refractivity contribution in [1.82, 2.24) is 5.32 Å². The molecule has 0 aromatic heterocycles. The second-order valence-corrected chi connectivity index (χ2v) is 21.1. The minimum Gasteiger partial charge on any atom is -0.414 e. The molecule has 4 saturated carbocycles. The highest BCUT2D eigenvalue weighted by molar-refractivity contribution is 6.74. The quantitative estimate of drug-likeness (QED) is 0.374. The summed E-state index contributed by atoms with van der Waals surface area (Å²) in [4.78, 5) is 0. The molecule has 5 rings (SSSR count). The van der Waals surface area contributed by atoms with Gasteiger partial charge in [-0.25, -0.2) is 0 Å². The van der Waals surface area contributed by atoms with Gasteiger partial charge in [0, 0.05) is 18.6 Å². The Balaban J connectivity index is 1.29. The second-order valence-electron chi connectivity index (χ2n) is 16.4. The zero-order chi connectivity index (χ0) is 26.1. The summed E-state index contributed by atoms with van der Waals surface area (Å²) in [5.74, 6) is 4.34. The molecule has 0 bridgehead atoms. The first-order valence-electron chi connectivity index (χ1n) is 15.8. The minimum atomic E-state index is -1.70. The lowest BCUT2D eigenvalue weighted by atomic mass is 9.44. The standard InChI is InChI=1S/C32H59NO2Si/c1-29(2,3)36(7,8)35-24-15-17-30(4)22(20-24)11-12-25-26-13-14-28(31(26,5)18-16-27(25)30)32(6,34)23-10-9-19-33-21-23/h22-28,33-34H,9-21H2,1-8H3/t22?,23?,24-,25?,26?,27?,28-,30-,31-,32?/m0/s1. The lowest BCUT2D eigenvalue weighted by Gasteiger charge is -2.62. The zero-order valence-electron chi connectivity index (χ0n) is 25.1. The Kier molecular flexibility index (Phi) is 7.17. The third-order valence-electron chi connectivity index (χ3n) is 13.7. The maximum atomic E-state index is 12.0. The van der Waals surface area contributed by atoms with Gasteiger partial charge in [0.2, 0.25) is 0 Å². The van der Waals surface area contributed by atoms with Crippen molar-refractivity contribution < 1.29 is 9.53 Å². The lowest BCUT2D eigenvalue weighted by Crippen LogP contribution is -2.58. The van der Waals surface area contributed by atoms with Gasteiger partial charge in [-0.1, -0.05) is 34.6 Å². The van der Waals surface area contributed by atoms with E-state index in [1.54, 1.807) is 0 Å². The van der Waals surface area contributed by atoms with E-state index < -0.39 is 13.9 Å². The summed E-state index contributed by atoms with van der Waals surface area (Å²) >= 11 is 0. The van der Waals surface area contributed by atoms with Crippen molar-refractivity contribution in [1.29, 1.82) is 0 Å². The highest BCUT2D eigenvalue weighted by atomic mass is 28.4. The first-order valence-corrected chi connectivity index (χ1v) is 18.7. The van der Waals surface area contributed by atoms with Gasteiger partial charge in [-0.3, -0.25) is 0 Å². The number of fused-ring (bicyclic) bond motifs is 5. The van der Waals surface area contributed by atoms with Crippen molar-refractivity contribution in [2.75, 3.05) is 13.1 Å². The number of rotatable bonds is 4. The lowest BCUT2D eigenvalue weighted by molar-refractivity contribution is -0.153. The maximum absolute atomic E-state index is 12.0. The van der Waals surface area contributed by atoms with Crippen LogP contribution in [0.1, 0.15) is 112 Å². The molecule has 3 nitrogen and oxygen atoms in total. The SMILES string of the molecule is CC(O)(C1CCCNC1)[C@H]1CCC2C3CCC4C[C@@H](O[Si](C)(C)C(C)(C)C)CC[C@]4(C)C3CC[C@@]21C. The predicted octanol–water partition coefficient (Wildman–Crippen LogP) is 7.79. The van der Waals surface area contributed by atoms with Crippen molar-refractivity contribution in [2.24, 2.45) is 46.3 Å². The van der Waals surface area contributed by atoms with Crippen LogP contribution in [0.3, 0.4) is 0 Å². The topological polar surface area (TPSA) is 41.5 Å². The van der Waals surface area contributed by atoms with Gasteiger partial charge < -0.3 is 14.8 Å². The molecule has 1 heterocycles. The Morgan fingerprint density at radius 1 is 0.861 bits per heavy atom. The number of aliphatic hydroxyl groups is 1. The van der Waals surface area contributed by atoms with Crippen LogP contribution in [-0.4, -0.2) is 38.2 Å². The molecule has 0 amide bonds. The Labute approximate surface area is 224 Å². The highest BCUT2D eigenvalue weighted by Gasteiger charge is 2.63. The van der Waals surface area contributed by atoms with E-state index >= 15 is 0 Å².